The number of halogens is 4. The van der Waals surface area contributed by atoms with Crippen LogP contribution in [0.25, 0.3) is 11.2 Å². The van der Waals surface area contributed by atoms with Crippen molar-refractivity contribution in [1.82, 2.24) is 29.4 Å². The number of aryl methyl sites for hydroxylation is 1. The topological polar surface area (TPSA) is 150 Å². The van der Waals surface area contributed by atoms with Crippen molar-refractivity contribution in [3.05, 3.63) is 68.6 Å². The molecule has 1 aliphatic carbocycles. The van der Waals surface area contributed by atoms with Gasteiger partial charge in [-0.05, 0) is 44.4 Å². The molecule has 1 aromatic carbocycles. The van der Waals surface area contributed by atoms with Crippen molar-refractivity contribution < 1.29 is 27.9 Å². The zero-order valence-electron chi connectivity index (χ0n) is 27.5. The molecule has 0 radical (unpaired) electrons. The molecule has 2 aliphatic heterocycles. The summed E-state index contributed by atoms with van der Waals surface area (Å²) in [4.78, 5) is 64.7. The van der Waals surface area contributed by atoms with Crippen LogP contribution in [0.5, 0.6) is 5.75 Å². The second-order valence-corrected chi connectivity index (χ2v) is 13.5. The summed E-state index contributed by atoms with van der Waals surface area (Å²) < 4.78 is 41.5. The van der Waals surface area contributed by atoms with Gasteiger partial charge in [-0.25, -0.2) is 19.9 Å². The van der Waals surface area contributed by atoms with Crippen molar-refractivity contribution in [1.29, 1.82) is 0 Å². The molecule has 3 aliphatic rings. The zero-order valence-corrected chi connectivity index (χ0v) is 28.2. The van der Waals surface area contributed by atoms with E-state index >= 15 is 0 Å². The molecule has 1 saturated carbocycles. The molecule has 262 valence electrons. The number of nitrogens with one attached hydrogen (secondary N) is 1. The quantitative estimate of drug-likeness (QED) is 0.303. The molecule has 17 heteroatoms. The lowest BCUT2D eigenvalue weighted by atomic mass is 9.81. The van der Waals surface area contributed by atoms with Crippen LogP contribution in [0.15, 0.2) is 35.5 Å². The second-order valence-electron chi connectivity index (χ2n) is 13.1. The number of pyridine rings is 1. The number of benzene rings is 1. The number of rotatable bonds is 5. The third kappa shape index (κ3) is 5.36. The summed E-state index contributed by atoms with van der Waals surface area (Å²) in [5.41, 5.74) is 0.157. The number of carbonyl (C=O) groups is 2. The Morgan fingerprint density at radius 2 is 1.84 bits per heavy atom. The van der Waals surface area contributed by atoms with E-state index in [-0.39, 0.29) is 76.3 Å². The highest BCUT2D eigenvalue weighted by molar-refractivity contribution is 6.33. The molecule has 2 amide bonds. The third-order valence-corrected chi connectivity index (χ3v) is 10.2. The summed E-state index contributed by atoms with van der Waals surface area (Å²) in [6.45, 7) is 4.02. The lowest BCUT2D eigenvalue weighted by Gasteiger charge is -2.54. The molecule has 0 spiro atoms. The van der Waals surface area contributed by atoms with Crippen molar-refractivity contribution in [3.63, 3.8) is 0 Å². The number of anilines is 3. The van der Waals surface area contributed by atoms with E-state index in [0.29, 0.717) is 35.7 Å². The maximum absolute atomic E-state index is 14.5. The molecular formula is C33H33ClF3N9O4. The molecule has 0 unspecified atom stereocenters. The highest BCUT2D eigenvalue weighted by atomic mass is 35.5. The minimum Gasteiger partial charge on any atom is -0.504 e. The van der Waals surface area contributed by atoms with Crippen LogP contribution in [-0.2, 0) is 11.0 Å². The van der Waals surface area contributed by atoms with E-state index < -0.39 is 29.6 Å². The fraction of sp³-hybridized carbons (Fsp3) is 0.424. The molecular weight excluding hydrogens is 679 g/mol. The summed E-state index contributed by atoms with van der Waals surface area (Å²) in [6, 6.07) is 1.32. The predicted molar refractivity (Wildman–Crippen MR) is 179 cm³/mol. The Balaban J connectivity index is 1.29. The Kier molecular flexibility index (Phi) is 8.11. The average molecular weight is 712 g/mol. The summed E-state index contributed by atoms with van der Waals surface area (Å²) >= 11 is 6.18. The smallest absolute Gasteiger partial charge is 0.416 e. The Hall–Kier alpha value is -4.99. The van der Waals surface area contributed by atoms with Gasteiger partial charge in [0, 0.05) is 39.1 Å². The molecule has 13 nitrogen and oxygen atoms in total. The van der Waals surface area contributed by atoms with E-state index in [0.717, 1.165) is 18.2 Å². The fourth-order valence-corrected chi connectivity index (χ4v) is 7.48. The number of carbonyl (C=O) groups excluding carboxylic acids is 2. The third-order valence-electron chi connectivity index (χ3n) is 9.91. The van der Waals surface area contributed by atoms with Crippen molar-refractivity contribution >= 4 is 51.8 Å². The minimum atomic E-state index is -4.60. The van der Waals surface area contributed by atoms with Gasteiger partial charge in [0.25, 0.3) is 5.91 Å². The van der Waals surface area contributed by atoms with Gasteiger partial charge in [0.15, 0.2) is 22.6 Å². The van der Waals surface area contributed by atoms with Crippen LogP contribution >= 0.6 is 11.6 Å². The number of nitrogens with zero attached hydrogens (tertiary/aromatic N) is 8. The highest BCUT2D eigenvalue weighted by Crippen LogP contribution is 2.46. The van der Waals surface area contributed by atoms with Gasteiger partial charge in [-0.2, -0.15) is 13.2 Å². The predicted octanol–water partition coefficient (Wildman–Crippen LogP) is 4.51. The first-order chi connectivity index (χ1) is 23.7. The number of amides is 2. The van der Waals surface area contributed by atoms with Gasteiger partial charge in [0.05, 0.1) is 39.9 Å². The minimum absolute atomic E-state index is 0.0142. The van der Waals surface area contributed by atoms with E-state index in [1.165, 1.54) is 12.5 Å². The normalized spacial score (nSPS) is 21.4. The second kappa shape index (κ2) is 12.1. The molecule has 2 N–H and O–H groups in total. The zero-order chi connectivity index (χ0) is 35.8. The number of aromatic nitrogens is 5. The van der Waals surface area contributed by atoms with Gasteiger partial charge in [0.1, 0.15) is 23.9 Å². The molecule has 4 aromatic rings. The van der Waals surface area contributed by atoms with Gasteiger partial charge in [-0.15, -0.1) is 0 Å². The Morgan fingerprint density at radius 3 is 2.50 bits per heavy atom. The SMILES string of the molecule is Cc1ncnc(C(=O)N2CCN(c3c4n(c5ncc(N(C)C)nc5c3=O)[C@@H](C(=O)Nc3ccc(C(F)(F)F)cc3Cl)C[C@H]4C)[C@H]3CC[C@@H]32)c1O. The number of piperazine rings is 1. The molecule has 4 atom stereocenters. The largest absolute Gasteiger partial charge is 0.504 e. The Labute approximate surface area is 288 Å². The summed E-state index contributed by atoms with van der Waals surface area (Å²) in [6.07, 6.45) is -0.228. The van der Waals surface area contributed by atoms with Crippen molar-refractivity contribution in [3.8, 4) is 5.75 Å². The molecule has 7 rings (SSSR count). The monoisotopic (exact) mass is 711 g/mol. The molecule has 1 saturated heterocycles. The van der Waals surface area contributed by atoms with Crippen LogP contribution in [0.3, 0.4) is 0 Å². The van der Waals surface area contributed by atoms with Crippen LogP contribution in [0.1, 0.15) is 65.6 Å². The van der Waals surface area contributed by atoms with Gasteiger partial charge in [-0.3, -0.25) is 14.4 Å². The number of hydrogen-bond donors (Lipinski definition) is 2. The van der Waals surface area contributed by atoms with Gasteiger partial charge >= 0.3 is 6.18 Å². The van der Waals surface area contributed by atoms with E-state index in [2.05, 4.69) is 25.3 Å². The summed E-state index contributed by atoms with van der Waals surface area (Å²) in [7, 11) is 3.53. The standard InChI is InChI=1S/C33H33ClF3N9O4/c1-15-11-22(31(49)41-19-6-5-17(12-18(19)34)33(35,36)37)46-26(15)27(29(48)24-30(46)38-13-23(42-24)43(3)4)44-9-10-45(21-8-7-20(21)44)32(50)25-28(47)16(2)39-14-40-25/h5-6,12-15,20-22,47H,7-11H2,1-4H3,(H,41,49)/t15-,20+,21+,22-/m1/s1. The van der Waals surface area contributed by atoms with Crippen LogP contribution in [0.4, 0.5) is 30.4 Å². The lowest BCUT2D eigenvalue weighted by molar-refractivity contribution is -0.137. The number of fused-ring (bicyclic) bond motifs is 4. The van der Waals surface area contributed by atoms with Gasteiger partial charge in [0.2, 0.25) is 11.3 Å². The molecule has 2 fully saturated rings. The summed E-state index contributed by atoms with van der Waals surface area (Å²) in [5.74, 6) is -1.11. The van der Waals surface area contributed by atoms with Gasteiger partial charge < -0.3 is 29.7 Å². The number of aromatic hydroxyl groups is 1. The maximum atomic E-state index is 14.5. The number of hydrogen-bond acceptors (Lipinski definition) is 10. The molecule has 3 aromatic heterocycles. The molecule has 5 heterocycles. The Bertz CT molecular complexity index is 2130. The summed E-state index contributed by atoms with van der Waals surface area (Å²) in [5, 5.41) is 12.9. The maximum Gasteiger partial charge on any atom is 0.416 e. The van der Waals surface area contributed by atoms with Crippen molar-refractivity contribution in [2.75, 3.05) is 42.3 Å². The molecule has 0 bridgehead atoms. The van der Waals surface area contributed by atoms with Crippen LogP contribution in [-0.4, -0.2) is 85.6 Å². The van der Waals surface area contributed by atoms with E-state index in [1.807, 2.05) is 11.8 Å². The molecule has 50 heavy (non-hydrogen) atoms. The van der Waals surface area contributed by atoms with Crippen LogP contribution in [0.2, 0.25) is 5.02 Å². The van der Waals surface area contributed by atoms with Crippen molar-refractivity contribution in [2.45, 2.75) is 63.3 Å². The Morgan fingerprint density at radius 1 is 1.10 bits per heavy atom. The number of alkyl halides is 3. The van der Waals surface area contributed by atoms with E-state index in [4.69, 9.17) is 11.6 Å². The highest BCUT2D eigenvalue weighted by Gasteiger charge is 2.49. The lowest BCUT2D eigenvalue weighted by Crippen LogP contribution is -2.67. The van der Waals surface area contributed by atoms with Crippen LogP contribution < -0.4 is 20.5 Å². The van der Waals surface area contributed by atoms with Crippen molar-refractivity contribution in [2.24, 2.45) is 0 Å². The van der Waals surface area contributed by atoms with E-state index in [9.17, 15) is 32.7 Å². The first-order valence-electron chi connectivity index (χ1n) is 16.1. The first kappa shape index (κ1) is 33.5. The average Bonchev–Trinajstić information content (AvgIpc) is 3.39. The van der Waals surface area contributed by atoms with E-state index in [1.54, 1.807) is 35.4 Å². The van der Waals surface area contributed by atoms with Gasteiger partial charge in [-0.1, -0.05) is 18.5 Å². The van der Waals surface area contributed by atoms with Crippen LogP contribution in [0, 0.1) is 6.92 Å². The first-order valence-corrected chi connectivity index (χ1v) is 16.4. The fourth-order valence-electron chi connectivity index (χ4n) is 7.25.